The van der Waals surface area contributed by atoms with Crippen LogP contribution in [0.3, 0.4) is 0 Å². The molecule has 0 bridgehead atoms. The summed E-state index contributed by atoms with van der Waals surface area (Å²) in [6, 6.07) is 21.0. The molecular weight excluding hydrogens is 423 g/mol. The van der Waals surface area contributed by atoms with E-state index < -0.39 is 11.8 Å². The average Bonchev–Trinajstić information content (AvgIpc) is 3.34. The van der Waals surface area contributed by atoms with Crippen LogP contribution >= 0.6 is 0 Å². The van der Waals surface area contributed by atoms with Gasteiger partial charge in [-0.2, -0.15) is 5.10 Å². The van der Waals surface area contributed by atoms with Crippen LogP contribution in [0.4, 0.5) is 4.39 Å². The van der Waals surface area contributed by atoms with E-state index in [1.807, 2.05) is 30.3 Å². The standard InChI is InChI=1S/C26H21FN2O4/c27-21-10-6-19(7-11-21)26(32)20-8-12-22(13-9-20)33-25(31)15-14-24(30)29-17-16-23(28-29)18-4-2-1-3-5-18/h1-13H,14-17H2. The van der Waals surface area contributed by atoms with Gasteiger partial charge in [0.1, 0.15) is 11.6 Å². The molecule has 1 heterocycles. The number of hydrogen-bond donors (Lipinski definition) is 0. The Hall–Kier alpha value is -4.13. The SMILES string of the molecule is O=C(CCC(=O)N1CCC(c2ccccc2)=N1)Oc1ccc(C(=O)c2ccc(F)cc2)cc1. The average molecular weight is 444 g/mol. The number of benzene rings is 3. The largest absolute Gasteiger partial charge is 0.427 e. The van der Waals surface area contributed by atoms with Crippen LogP contribution in [-0.4, -0.2) is 34.9 Å². The van der Waals surface area contributed by atoms with Gasteiger partial charge in [-0.25, -0.2) is 9.40 Å². The van der Waals surface area contributed by atoms with Gasteiger partial charge in [0.2, 0.25) is 5.91 Å². The van der Waals surface area contributed by atoms with E-state index in [1.54, 1.807) is 0 Å². The zero-order valence-corrected chi connectivity index (χ0v) is 17.7. The molecule has 1 aliphatic heterocycles. The number of carbonyl (C=O) groups is 3. The summed E-state index contributed by atoms with van der Waals surface area (Å²) in [5, 5.41) is 5.77. The number of carbonyl (C=O) groups excluding carboxylic acids is 3. The highest BCUT2D eigenvalue weighted by Gasteiger charge is 2.22. The smallest absolute Gasteiger partial charge is 0.311 e. The van der Waals surface area contributed by atoms with E-state index >= 15 is 0 Å². The first kappa shape index (κ1) is 22.1. The summed E-state index contributed by atoms with van der Waals surface area (Å²) < 4.78 is 18.3. The Kier molecular flexibility index (Phi) is 6.69. The lowest BCUT2D eigenvalue weighted by atomic mass is 10.0. The van der Waals surface area contributed by atoms with Crippen molar-refractivity contribution in [3.8, 4) is 5.75 Å². The summed E-state index contributed by atoms with van der Waals surface area (Å²) in [5.74, 6) is -1.20. The third-order valence-electron chi connectivity index (χ3n) is 5.19. The van der Waals surface area contributed by atoms with Crippen molar-refractivity contribution in [3.05, 3.63) is 101 Å². The normalized spacial score (nSPS) is 12.9. The van der Waals surface area contributed by atoms with Gasteiger partial charge in [0.25, 0.3) is 0 Å². The van der Waals surface area contributed by atoms with Crippen LogP contribution in [0.2, 0.25) is 0 Å². The minimum Gasteiger partial charge on any atom is -0.427 e. The number of hydrazone groups is 1. The van der Waals surface area contributed by atoms with Crippen molar-refractivity contribution < 1.29 is 23.5 Å². The molecule has 0 atom stereocenters. The van der Waals surface area contributed by atoms with Crippen LogP contribution in [0.25, 0.3) is 0 Å². The number of rotatable bonds is 7. The molecule has 0 unspecified atom stereocenters. The second kappa shape index (κ2) is 9.99. The molecule has 0 saturated heterocycles. The molecule has 0 N–H and O–H groups in total. The Bertz CT molecular complexity index is 1190. The molecule has 6 nitrogen and oxygen atoms in total. The maximum absolute atomic E-state index is 13.0. The molecule has 0 radical (unpaired) electrons. The van der Waals surface area contributed by atoms with Crippen molar-refractivity contribution in [2.24, 2.45) is 5.10 Å². The molecule has 0 aliphatic carbocycles. The molecule has 0 spiro atoms. The topological polar surface area (TPSA) is 76.0 Å². The molecule has 0 saturated carbocycles. The Morgan fingerprint density at radius 3 is 2.15 bits per heavy atom. The second-order valence-corrected chi connectivity index (χ2v) is 7.51. The minimum atomic E-state index is -0.549. The molecule has 1 aliphatic rings. The molecule has 4 rings (SSSR count). The second-order valence-electron chi connectivity index (χ2n) is 7.51. The van der Waals surface area contributed by atoms with Crippen molar-refractivity contribution in [2.45, 2.75) is 19.3 Å². The lowest BCUT2D eigenvalue weighted by Crippen LogP contribution is -2.24. The lowest BCUT2D eigenvalue weighted by Gasteiger charge is -2.11. The van der Waals surface area contributed by atoms with E-state index in [0.717, 1.165) is 11.3 Å². The molecule has 3 aromatic rings. The van der Waals surface area contributed by atoms with E-state index in [0.29, 0.717) is 24.1 Å². The van der Waals surface area contributed by atoms with Crippen molar-refractivity contribution in [1.82, 2.24) is 5.01 Å². The number of ether oxygens (including phenoxy) is 1. The highest BCUT2D eigenvalue weighted by molar-refractivity contribution is 6.09. The fourth-order valence-corrected chi connectivity index (χ4v) is 3.43. The molecule has 0 fully saturated rings. The molecular formula is C26H21FN2O4. The summed E-state index contributed by atoms with van der Waals surface area (Å²) in [4.78, 5) is 37.0. The van der Waals surface area contributed by atoms with Crippen LogP contribution in [0.5, 0.6) is 5.75 Å². The van der Waals surface area contributed by atoms with Crippen LogP contribution in [0, 0.1) is 5.82 Å². The number of halogens is 1. The van der Waals surface area contributed by atoms with Crippen LogP contribution < -0.4 is 4.74 Å². The van der Waals surface area contributed by atoms with Gasteiger partial charge in [-0.05, 0) is 54.1 Å². The van der Waals surface area contributed by atoms with Gasteiger partial charge in [-0.1, -0.05) is 30.3 Å². The first-order valence-electron chi connectivity index (χ1n) is 10.5. The fraction of sp³-hybridized carbons (Fsp3) is 0.154. The maximum atomic E-state index is 13.0. The van der Waals surface area contributed by atoms with Gasteiger partial charge in [-0.15, -0.1) is 0 Å². The predicted molar refractivity (Wildman–Crippen MR) is 120 cm³/mol. The highest BCUT2D eigenvalue weighted by atomic mass is 19.1. The van der Waals surface area contributed by atoms with E-state index in [9.17, 15) is 18.8 Å². The Labute approximate surface area is 190 Å². The number of esters is 1. The quantitative estimate of drug-likeness (QED) is 0.308. The van der Waals surface area contributed by atoms with Crippen LogP contribution in [0.1, 0.15) is 40.7 Å². The Morgan fingerprint density at radius 1 is 0.848 bits per heavy atom. The zero-order valence-electron chi connectivity index (χ0n) is 17.7. The Morgan fingerprint density at radius 2 is 1.48 bits per heavy atom. The van der Waals surface area contributed by atoms with Gasteiger partial charge >= 0.3 is 5.97 Å². The number of ketones is 1. The van der Waals surface area contributed by atoms with E-state index in [2.05, 4.69) is 5.10 Å². The molecule has 33 heavy (non-hydrogen) atoms. The summed E-state index contributed by atoms with van der Waals surface area (Å²) in [6.07, 6.45) is 0.580. The highest BCUT2D eigenvalue weighted by Crippen LogP contribution is 2.18. The van der Waals surface area contributed by atoms with Gasteiger partial charge in [0, 0.05) is 24.0 Å². The zero-order chi connectivity index (χ0) is 23.2. The van der Waals surface area contributed by atoms with Crippen LogP contribution in [-0.2, 0) is 9.59 Å². The third-order valence-corrected chi connectivity index (χ3v) is 5.19. The van der Waals surface area contributed by atoms with Crippen molar-refractivity contribution >= 4 is 23.4 Å². The molecule has 3 aromatic carbocycles. The molecule has 0 aromatic heterocycles. The molecule has 166 valence electrons. The summed E-state index contributed by atoms with van der Waals surface area (Å²) in [6.45, 7) is 0.488. The number of nitrogens with zero attached hydrogens (tertiary/aromatic N) is 2. The third kappa shape index (κ3) is 5.57. The fourth-order valence-electron chi connectivity index (χ4n) is 3.43. The molecule has 1 amide bonds. The predicted octanol–water partition coefficient (Wildman–Crippen LogP) is 4.38. The minimum absolute atomic E-state index is 0.00839. The number of hydrogen-bond acceptors (Lipinski definition) is 5. The van der Waals surface area contributed by atoms with E-state index in [4.69, 9.17) is 4.74 Å². The van der Waals surface area contributed by atoms with Gasteiger partial charge in [-0.3, -0.25) is 14.4 Å². The Balaban J connectivity index is 1.27. The van der Waals surface area contributed by atoms with Crippen molar-refractivity contribution in [3.63, 3.8) is 0 Å². The van der Waals surface area contributed by atoms with Gasteiger partial charge < -0.3 is 4.74 Å². The van der Waals surface area contributed by atoms with Crippen molar-refractivity contribution in [2.75, 3.05) is 6.54 Å². The summed E-state index contributed by atoms with van der Waals surface area (Å²) >= 11 is 0. The maximum Gasteiger partial charge on any atom is 0.311 e. The summed E-state index contributed by atoms with van der Waals surface area (Å²) in [5.41, 5.74) is 2.58. The van der Waals surface area contributed by atoms with E-state index in [1.165, 1.54) is 53.5 Å². The van der Waals surface area contributed by atoms with Gasteiger partial charge in [0.15, 0.2) is 5.78 Å². The lowest BCUT2D eigenvalue weighted by molar-refractivity contribution is -0.138. The van der Waals surface area contributed by atoms with Crippen molar-refractivity contribution in [1.29, 1.82) is 0 Å². The first-order chi connectivity index (χ1) is 16.0. The summed E-state index contributed by atoms with van der Waals surface area (Å²) in [7, 11) is 0. The first-order valence-corrected chi connectivity index (χ1v) is 10.5. The number of amides is 1. The van der Waals surface area contributed by atoms with Gasteiger partial charge in [0.05, 0.1) is 18.7 Å². The monoisotopic (exact) mass is 444 g/mol. The van der Waals surface area contributed by atoms with Crippen LogP contribution in [0.15, 0.2) is 84.0 Å². The van der Waals surface area contributed by atoms with E-state index in [-0.39, 0.29) is 30.3 Å². The molecule has 7 heteroatoms.